The van der Waals surface area contributed by atoms with Crippen LogP contribution in [-0.2, 0) is 35.2 Å². The summed E-state index contributed by atoms with van der Waals surface area (Å²) in [7, 11) is -4.45. The Hall–Kier alpha value is -4.27. The fourth-order valence-corrected chi connectivity index (χ4v) is 4.73. The van der Waals surface area contributed by atoms with Crippen LogP contribution in [0.15, 0.2) is 59.5 Å². The van der Waals surface area contributed by atoms with Gasteiger partial charge >= 0.3 is 18.4 Å². The van der Waals surface area contributed by atoms with Gasteiger partial charge in [0.1, 0.15) is 6.61 Å². The molecule has 15 nitrogen and oxygen atoms in total. The molecule has 0 saturated carbocycles. The number of quaternary nitrogens is 1. The Kier molecular flexibility index (Phi) is 12.7. The molecule has 0 aliphatic carbocycles. The van der Waals surface area contributed by atoms with Crippen molar-refractivity contribution in [2.75, 3.05) is 19.7 Å². The number of rotatable bonds is 14. The number of aromatic nitrogens is 2. The van der Waals surface area contributed by atoms with Gasteiger partial charge in [-0.1, -0.05) is 29.8 Å². The van der Waals surface area contributed by atoms with Crippen LogP contribution in [0.3, 0.4) is 0 Å². The molecule has 0 aliphatic rings. The number of benzene rings is 2. The van der Waals surface area contributed by atoms with Crippen LogP contribution in [0, 0.1) is 12.1 Å². The normalized spacial score (nSPS) is 13.3. The first kappa shape index (κ1) is 37.2. The quantitative estimate of drug-likeness (QED) is 0.128. The van der Waals surface area contributed by atoms with Gasteiger partial charge in [0.2, 0.25) is 6.29 Å². The first-order chi connectivity index (χ1) is 22.0. The number of nitrogens with zero attached hydrogens (tertiary/aromatic N) is 3. The molecular weight excluding hydrogens is 653 g/mol. The minimum atomic E-state index is -4.72. The molecule has 1 heterocycles. The van der Waals surface area contributed by atoms with Crippen molar-refractivity contribution in [3.05, 3.63) is 71.1 Å². The number of aryl methyl sites for hydroxylation is 1. The molecule has 3 N–H and O–H groups in total. The number of likely N-dealkylation sites (N-methyl/N-ethyl adjacent to an activating group) is 1. The molecule has 0 saturated heterocycles. The summed E-state index contributed by atoms with van der Waals surface area (Å²) in [6.07, 6.45) is -8.66. The van der Waals surface area contributed by atoms with Crippen LogP contribution in [0.4, 0.5) is 22.8 Å². The lowest BCUT2D eigenvalue weighted by atomic mass is 10.1. The van der Waals surface area contributed by atoms with E-state index in [1.807, 2.05) is 6.92 Å². The molecule has 1 aromatic heterocycles. The third-order valence-corrected chi connectivity index (χ3v) is 7.45. The van der Waals surface area contributed by atoms with Crippen LogP contribution >= 0.6 is 0 Å². The van der Waals surface area contributed by atoms with Crippen LogP contribution < -0.4 is 15.6 Å². The largest absolute Gasteiger partial charge is 0.591 e. The number of alkyl halides is 3. The molecule has 3 rings (SSSR count). The second kappa shape index (κ2) is 16.0. The second-order valence-electron chi connectivity index (χ2n) is 10.1. The Labute approximate surface area is 268 Å². The average molecular weight is 689 g/mol. The Morgan fingerprint density at radius 2 is 1.70 bits per heavy atom. The highest BCUT2D eigenvalue weighted by atomic mass is 32.2. The van der Waals surface area contributed by atoms with E-state index in [2.05, 4.69) is 10.7 Å². The minimum absolute atomic E-state index is 0.130. The maximum atomic E-state index is 13.5. The summed E-state index contributed by atoms with van der Waals surface area (Å²) >= 11 is 0. The number of hydrogen-bond donors (Lipinski definition) is 3. The summed E-state index contributed by atoms with van der Waals surface area (Å²) < 4.78 is 83.3. The predicted octanol–water partition coefficient (Wildman–Crippen LogP) is 3.24. The molecule has 0 aliphatic heterocycles. The fraction of sp³-hybridized carbons (Fsp3) is 0.393. The van der Waals surface area contributed by atoms with Crippen molar-refractivity contribution >= 4 is 22.3 Å². The van der Waals surface area contributed by atoms with Crippen LogP contribution in [0.25, 0.3) is 16.9 Å². The van der Waals surface area contributed by atoms with E-state index in [1.54, 1.807) is 49.8 Å². The molecule has 47 heavy (non-hydrogen) atoms. The fourth-order valence-electron chi connectivity index (χ4n) is 3.84. The van der Waals surface area contributed by atoms with Crippen molar-refractivity contribution < 1.29 is 55.5 Å². The maximum absolute atomic E-state index is 13.5. The molecule has 2 aromatic carbocycles. The average Bonchev–Trinajstić information content (AvgIpc) is 3.44. The topological polar surface area (TPSA) is 178 Å². The lowest BCUT2D eigenvalue weighted by Gasteiger charge is -2.31. The van der Waals surface area contributed by atoms with Gasteiger partial charge in [0.15, 0.2) is 5.69 Å². The molecule has 1 amide bonds. The first-order valence-electron chi connectivity index (χ1n) is 14.1. The van der Waals surface area contributed by atoms with Gasteiger partial charge in [-0.15, -0.1) is 5.01 Å². The molecule has 0 bridgehead atoms. The van der Waals surface area contributed by atoms with E-state index >= 15 is 0 Å². The summed E-state index contributed by atoms with van der Waals surface area (Å²) in [6.45, 7) is 7.59. The summed E-state index contributed by atoms with van der Waals surface area (Å²) in [4.78, 5) is 28.3. The maximum Gasteiger partial charge on any atom is 0.510 e. The highest BCUT2D eigenvalue weighted by Crippen LogP contribution is 2.33. The number of carbonyl (C=O) groups is 2. The van der Waals surface area contributed by atoms with Crippen LogP contribution in [0.2, 0.25) is 0 Å². The molecule has 19 heteroatoms. The first-order valence-corrected chi connectivity index (χ1v) is 15.6. The molecule has 0 spiro atoms. The number of carbonyl (C=O) groups excluding carboxylic acids is 2. The van der Waals surface area contributed by atoms with Crippen molar-refractivity contribution in [2.24, 2.45) is 0 Å². The predicted molar refractivity (Wildman–Crippen MR) is 158 cm³/mol. The smallest absolute Gasteiger partial charge is 0.510 e. The molecule has 3 aromatic rings. The van der Waals surface area contributed by atoms with Crippen molar-refractivity contribution in [3.8, 4) is 16.9 Å². The summed E-state index contributed by atoms with van der Waals surface area (Å²) in [5.74, 6) is 0. The third-order valence-electron chi connectivity index (χ3n) is 6.13. The van der Waals surface area contributed by atoms with Crippen molar-refractivity contribution in [1.82, 2.24) is 25.1 Å². The minimum Gasteiger partial charge on any atom is -0.591 e. The van der Waals surface area contributed by atoms with Crippen LogP contribution in [0.5, 0.6) is 0 Å². The highest BCUT2D eigenvalue weighted by Gasteiger charge is 2.35. The van der Waals surface area contributed by atoms with Crippen LogP contribution in [0.1, 0.15) is 39.0 Å². The van der Waals surface area contributed by atoms with Gasteiger partial charge in [-0.3, -0.25) is 0 Å². The van der Waals surface area contributed by atoms with Gasteiger partial charge < -0.3 is 19.4 Å². The summed E-state index contributed by atoms with van der Waals surface area (Å²) in [6, 6.07) is 12.3. The summed E-state index contributed by atoms with van der Waals surface area (Å²) in [5, 5.41) is 16.4. The van der Waals surface area contributed by atoms with E-state index in [-0.39, 0.29) is 29.4 Å². The van der Waals surface area contributed by atoms with Gasteiger partial charge in [-0.2, -0.15) is 23.6 Å². The zero-order chi connectivity index (χ0) is 34.9. The van der Waals surface area contributed by atoms with E-state index in [4.69, 9.17) is 19.0 Å². The Balaban J connectivity index is 1.58. The van der Waals surface area contributed by atoms with Crippen molar-refractivity contribution in [2.45, 2.75) is 58.1 Å². The SMILES string of the molecule is CCN(CCOC(=O)NS(=O)(=O)c1ccc(-n2nc(C(F)(F)F)cc2-c2ccc(C)cc2)cc1)[NH+]([O-])NOC(C)OC(=O)OC(C)C. The van der Waals surface area contributed by atoms with Crippen molar-refractivity contribution in [1.29, 1.82) is 0 Å². The van der Waals surface area contributed by atoms with Gasteiger partial charge in [0.25, 0.3) is 10.0 Å². The molecule has 258 valence electrons. The molecular formula is C28H35F3N6O9S. The van der Waals surface area contributed by atoms with Crippen molar-refractivity contribution in [3.63, 3.8) is 0 Å². The summed E-state index contributed by atoms with van der Waals surface area (Å²) in [5.41, 5.74) is 2.56. The molecule has 0 radical (unpaired) electrons. The Bertz CT molecular complexity index is 1600. The highest BCUT2D eigenvalue weighted by molar-refractivity contribution is 7.90. The standard InChI is InChI=1S/C28H35F3N6O9S/c1-6-35(37(40)34-46-20(5)45-27(39)44-18(2)3)15-16-43-26(38)33-47(41,42)23-13-11-22(12-14-23)36-24(17-25(32-36)28(29,30)31)21-9-7-19(4)8-10-21/h7-14,17-18,20,34,37H,6,15-16H2,1-5H3,(H,33,38). The number of hydrogen-bond acceptors (Lipinski definition) is 12. The number of halogens is 3. The third kappa shape index (κ3) is 10.9. The van der Waals surface area contributed by atoms with E-state index in [9.17, 15) is 36.4 Å². The van der Waals surface area contributed by atoms with Crippen LogP contribution in [-0.4, -0.2) is 67.5 Å². The van der Waals surface area contributed by atoms with E-state index < -0.39 is 58.4 Å². The van der Waals surface area contributed by atoms with Gasteiger partial charge in [0, 0.05) is 19.0 Å². The number of nitrogens with one attached hydrogen (secondary N) is 3. The van der Waals surface area contributed by atoms with E-state index in [1.165, 1.54) is 19.1 Å². The number of amides is 1. The van der Waals surface area contributed by atoms with E-state index in [0.29, 0.717) is 5.56 Å². The molecule has 2 atom stereocenters. The molecule has 0 fully saturated rings. The lowest BCUT2D eigenvalue weighted by molar-refractivity contribution is -1.04. The Morgan fingerprint density at radius 3 is 2.28 bits per heavy atom. The zero-order valence-electron chi connectivity index (χ0n) is 26.0. The lowest BCUT2D eigenvalue weighted by Crippen LogP contribution is -3.20. The second-order valence-corrected chi connectivity index (χ2v) is 11.8. The molecule has 2 unspecified atom stereocenters. The monoisotopic (exact) mass is 688 g/mol. The zero-order valence-corrected chi connectivity index (χ0v) is 26.8. The number of ether oxygens (including phenoxy) is 3. The van der Waals surface area contributed by atoms with Gasteiger partial charge in [-0.05, 0) is 63.6 Å². The van der Waals surface area contributed by atoms with Gasteiger partial charge in [-0.25, -0.2) is 32.2 Å². The van der Waals surface area contributed by atoms with Gasteiger partial charge in [0.05, 0.1) is 28.9 Å². The number of sulfonamides is 1. The van der Waals surface area contributed by atoms with E-state index in [0.717, 1.165) is 33.5 Å². The Morgan fingerprint density at radius 1 is 1.06 bits per heavy atom.